The molecule has 0 saturated carbocycles. The molecule has 3 rings (SSSR count). The Morgan fingerprint density at radius 2 is 2.19 bits per heavy atom. The molecular weight excluding hydrogens is 363 g/mol. The Balaban J connectivity index is 1.92. The van der Waals surface area contributed by atoms with Crippen molar-refractivity contribution in [2.75, 3.05) is 31.6 Å². The Labute approximate surface area is 154 Å². The van der Waals surface area contributed by atoms with Crippen molar-refractivity contribution in [2.45, 2.75) is 32.5 Å². The molecule has 148 valence electrons. The molecule has 1 N–H and O–H groups in total. The highest BCUT2D eigenvalue weighted by molar-refractivity contribution is 6.05. The number of alkyl halides is 3. The van der Waals surface area contributed by atoms with Crippen LogP contribution in [-0.2, 0) is 11.8 Å². The van der Waals surface area contributed by atoms with E-state index >= 15 is 0 Å². The molecule has 3 heterocycles. The van der Waals surface area contributed by atoms with Gasteiger partial charge in [-0.25, -0.2) is 9.78 Å². The topological polar surface area (TPSA) is 72.3 Å². The van der Waals surface area contributed by atoms with Gasteiger partial charge in [0.05, 0.1) is 29.9 Å². The number of nitrogens with one attached hydrogen (secondary N) is 1. The fraction of sp³-hybridized carbons (Fsp3) is 0.588. The zero-order valence-corrected chi connectivity index (χ0v) is 15.4. The van der Waals surface area contributed by atoms with E-state index in [1.165, 1.54) is 11.1 Å². The summed E-state index contributed by atoms with van der Waals surface area (Å²) in [6.07, 6.45) is -2.26. The first-order valence-electron chi connectivity index (χ1n) is 8.74. The molecule has 0 aliphatic carbocycles. The van der Waals surface area contributed by atoms with Gasteiger partial charge in [-0.1, -0.05) is 0 Å². The number of fused-ring (bicyclic) bond motifs is 1. The molecule has 1 atom stereocenters. The van der Waals surface area contributed by atoms with Crippen LogP contribution in [0, 0.1) is 6.92 Å². The average Bonchev–Trinajstić information content (AvgIpc) is 3.10. The largest absolute Gasteiger partial charge is 0.462 e. The van der Waals surface area contributed by atoms with Crippen LogP contribution in [0.5, 0.6) is 0 Å². The Morgan fingerprint density at radius 1 is 1.44 bits per heavy atom. The Bertz CT molecular complexity index is 849. The Hall–Kier alpha value is -2.36. The summed E-state index contributed by atoms with van der Waals surface area (Å²) in [5, 5.41) is 8.27. The SMILES string of the molecule is CCOC(=O)c1cnc2c(c(C)nn2C)c1NC1CCN(CC(F)(F)F)C1. The van der Waals surface area contributed by atoms with Gasteiger partial charge in [-0.3, -0.25) is 9.58 Å². The maximum atomic E-state index is 12.6. The number of hydrogen-bond donors (Lipinski definition) is 1. The van der Waals surface area contributed by atoms with Crippen LogP contribution in [0.3, 0.4) is 0 Å². The predicted molar refractivity (Wildman–Crippen MR) is 93.7 cm³/mol. The van der Waals surface area contributed by atoms with Crippen molar-refractivity contribution in [1.29, 1.82) is 0 Å². The molecule has 7 nitrogen and oxygen atoms in total. The van der Waals surface area contributed by atoms with Crippen molar-refractivity contribution >= 4 is 22.7 Å². The molecule has 1 aliphatic heterocycles. The number of hydrogen-bond acceptors (Lipinski definition) is 6. The van der Waals surface area contributed by atoms with Crippen LogP contribution in [0.1, 0.15) is 29.4 Å². The van der Waals surface area contributed by atoms with Gasteiger partial charge in [0.2, 0.25) is 0 Å². The highest BCUT2D eigenvalue weighted by Gasteiger charge is 2.35. The summed E-state index contributed by atoms with van der Waals surface area (Å²) >= 11 is 0. The lowest BCUT2D eigenvalue weighted by Gasteiger charge is -2.20. The van der Waals surface area contributed by atoms with Crippen molar-refractivity contribution in [3.05, 3.63) is 17.5 Å². The number of likely N-dealkylation sites (tertiary alicyclic amines) is 1. The van der Waals surface area contributed by atoms with E-state index in [0.717, 1.165) is 0 Å². The number of halogens is 3. The third-order valence-corrected chi connectivity index (χ3v) is 4.55. The number of esters is 1. The van der Waals surface area contributed by atoms with Gasteiger partial charge < -0.3 is 10.1 Å². The van der Waals surface area contributed by atoms with Crippen LogP contribution in [0.25, 0.3) is 11.0 Å². The summed E-state index contributed by atoms with van der Waals surface area (Å²) in [6.45, 7) is 3.36. The van der Waals surface area contributed by atoms with Crippen LogP contribution in [-0.4, -0.2) is 64.1 Å². The monoisotopic (exact) mass is 385 g/mol. The van der Waals surface area contributed by atoms with E-state index in [0.29, 0.717) is 35.4 Å². The maximum Gasteiger partial charge on any atom is 0.401 e. The molecule has 2 aromatic rings. The molecule has 1 unspecified atom stereocenters. The van der Waals surface area contributed by atoms with Crippen LogP contribution in [0.4, 0.5) is 18.9 Å². The predicted octanol–water partition coefficient (Wildman–Crippen LogP) is 2.50. The number of ether oxygens (including phenoxy) is 1. The second kappa shape index (κ2) is 7.34. The zero-order valence-electron chi connectivity index (χ0n) is 15.4. The van der Waals surface area contributed by atoms with Crippen LogP contribution in [0.15, 0.2) is 6.20 Å². The lowest BCUT2D eigenvalue weighted by atomic mass is 10.1. The summed E-state index contributed by atoms with van der Waals surface area (Å²) in [5.74, 6) is -0.525. The number of pyridine rings is 1. The van der Waals surface area contributed by atoms with Crippen molar-refractivity contribution in [3.63, 3.8) is 0 Å². The van der Waals surface area contributed by atoms with Gasteiger partial charge in [0, 0.05) is 32.4 Å². The molecule has 1 fully saturated rings. The quantitative estimate of drug-likeness (QED) is 0.798. The minimum Gasteiger partial charge on any atom is -0.462 e. The third kappa shape index (κ3) is 4.15. The van der Waals surface area contributed by atoms with E-state index in [9.17, 15) is 18.0 Å². The number of nitrogens with zero attached hydrogens (tertiary/aromatic N) is 4. The number of aryl methyl sites for hydroxylation is 2. The molecule has 0 amide bonds. The first kappa shape index (κ1) is 19.4. The molecule has 27 heavy (non-hydrogen) atoms. The highest BCUT2D eigenvalue weighted by atomic mass is 19.4. The van der Waals surface area contributed by atoms with Gasteiger partial charge in [0.25, 0.3) is 0 Å². The van der Waals surface area contributed by atoms with Crippen LogP contribution >= 0.6 is 0 Å². The first-order valence-corrected chi connectivity index (χ1v) is 8.74. The fourth-order valence-corrected chi connectivity index (χ4v) is 3.48. The zero-order chi connectivity index (χ0) is 19.8. The third-order valence-electron chi connectivity index (χ3n) is 4.55. The lowest BCUT2D eigenvalue weighted by Crippen LogP contribution is -2.34. The van der Waals surface area contributed by atoms with Gasteiger partial charge in [-0.2, -0.15) is 18.3 Å². The van der Waals surface area contributed by atoms with Crippen LogP contribution in [0.2, 0.25) is 0 Å². The Kier molecular flexibility index (Phi) is 5.27. The molecule has 0 spiro atoms. The second-order valence-corrected chi connectivity index (χ2v) is 6.66. The smallest absolute Gasteiger partial charge is 0.401 e. The number of carbonyl (C=O) groups excluding carboxylic acids is 1. The average molecular weight is 385 g/mol. The van der Waals surface area contributed by atoms with Crippen molar-refractivity contribution in [1.82, 2.24) is 19.7 Å². The van der Waals surface area contributed by atoms with E-state index < -0.39 is 18.7 Å². The molecule has 0 radical (unpaired) electrons. The molecule has 10 heteroatoms. The number of rotatable bonds is 5. The Morgan fingerprint density at radius 3 is 2.85 bits per heavy atom. The van der Waals surface area contributed by atoms with Crippen LogP contribution < -0.4 is 5.32 Å². The first-order chi connectivity index (χ1) is 12.7. The van der Waals surface area contributed by atoms with Gasteiger partial charge in [-0.05, 0) is 20.3 Å². The highest BCUT2D eigenvalue weighted by Crippen LogP contribution is 2.31. The standard InChI is InChI=1S/C17H22F3N5O2/c1-4-27-16(26)12-7-21-15-13(10(2)23-24(15)3)14(12)22-11-5-6-25(8-11)9-17(18,19)20/h7,11H,4-6,8-9H2,1-3H3,(H,21,22). The maximum absolute atomic E-state index is 12.6. The van der Waals surface area contributed by atoms with Crippen molar-refractivity contribution in [2.24, 2.45) is 7.05 Å². The van der Waals surface area contributed by atoms with E-state index in [1.54, 1.807) is 25.6 Å². The molecule has 2 aromatic heterocycles. The summed E-state index contributed by atoms with van der Waals surface area (Å²) < 4.78 is 44.6. The van der Waals surface area contributed by atoms with Crippen molar-refractivity contribution < 1.29 is 22.7 Å². The number of anilines is 1. The van der Waals surface area contributed by atoms with Gasteiger partial charge >= 0.3 is 12.1 Å². The molecule has 0 bridgehead atoms. The van der Waals surface area contributed by atoms with Gasteiger partial charge in [0.1, 0.15) is 5.56 Å². The second-order valence-electron chi connectivity index (χ2n) is 6.66. The minimum absolute atomic E-state index is 0.213. The van der Waals surface area contributed by atoms with Gasteiger partial charge in [0.15, 0.2) is 5.65 Å². The number of aromatic nitrogens is 3. The summed E-state index contributed by atoms with van der Waals surface area (Å²) in [7, 11) is 1.75. The molecular formula is C17H22F3N5O2. The number of carbonyl (C=O) groups is 1. The fourth-order valence-electron chi connectivity index (χ4n) is 3.48. The minimum atomic E-state index is -4.23. The van der Waals surface area contributed by atoms with E-state index in [1.807, 2.05) is 0 Å². The molecule has 0 aromatic carbocycles. The summed E-state index contributed by atoms with van der Waals surface area (Å²) in [5.41, 5.74) is 2.05. The van der Waals surface area contributed by atoms with Gasteiger partial charge in [-0.15, -0.1) is 0 Å². The summed E-state index contributed by atoms with van der Waals surface area (Å²) in [4.78, 5) is 18.0. The summed E-state index contributed by atoms with van der Waals surface area (Å²) in [6, 6.07) is -0.217. The van der Waals surface area contributed by atoms with E-state index in [4.69, 9.17) is 4.74 Å². The molecule has 1 aliphatic rings. The van der Waals surface area contributed by atoms with E-state index in [2.05, 4.69) is 15.4 Å². The molecule has 1 saturated heterocycles. The lowest BCUT2D eigenvalue weighted by molar-refractivity contribution is -0.143. The van der Waals surface area contributed by atoms with Crippen molar-refractivity contribution in [3.8, 4) is 0 Å². The normalized spacial score (nSPS) is 18.2. The van der Waals surface area contributed by atoms with E-state index in [-0.39, 0.29) is 24.8 Å².